The van der Waals surface area contributed by atoms with Crippen LogP contribution in [0, 0.1) is 17.6 Å². The van der Waals surface area contributed by atoms with Crippen LogP contribution in [-0.4, -0.2) is 27.9 Å². The van der Waals surface area contributed by atoms with Crippen LogP contribution in [0.25, 0.3) is 0 Å². The van der Waals surface area contributed by atoms with Gasteiger partial charge in [0.05, 0.1) is 11.2 Å². The summed E-state index contributed by atoms with van der Waals surface area (Å²) < 4.78 is 28.5. The molecule has 2 aromatic rings. The van der Waals surface area contributed by atoms with Gasteiger partial charge in [-0.1, -0.05) is 6.92 Å². The summed E-state index contributed by atoms with van der Waals surface area (Å²) in [4.78, 5) is 28.2. The molecule has 3 atom stereocenters. The van der Waals surface area contributed by atoms with Crippen molar-refractivity contribution in [1.29, 1.82) is 0 Å². The highest BCUT2D eigenvalue weighted by Crippen LogP contribution is 2.33. The van der Waals surface area contributed by atoms with Gasteiger partial charge in [0.15, 0.2) is 0 Å². The molecule has 0 amide bonds. The van der Waals surface area contributed by atoms with Crippen LogP contribution < -0.4 is 11.5 Å². The quantitative estimate of drug-likeness (QED) is 0.376. The first-order valence-electron chi connectivity index (χ1n) is 9.46. The predicted octanol–water partition coefficient (Wildman–Crippen LogP) is 4.07. The molecule has 0 radical (unpaired) electrons. The van der Waals surface area contributed by atoms with E-state index in [0.717, 1.165) is 18.2 Å². The summed E-state index contributed by atoms with van der Waals surface area (Å²) in [6.45, 7) is 1.73. The first-order chi connectivity index (χ1) is 14.4. The second-order valence-electron chi connectivity index (χ2n) is 7.78. The molecule has 6 nitrogen and oxygen atoms in total. The highest BCUT2D eigenvalue weighted by Gasteiger charge is 2.35. The number of pyridine rings is 1. The zero-order valence-electron chi connectivity index (χ0n) is 16.7. The number of halogens is 4. The number of rotatable bonds is 10. The molecule has 10 heteroatoms. The van der Waals surface area contributed by atoms with E-state index < -0.39 is 29.2 Å². The Bertz CT molecular complexity index is 957. The van der Waals surface area contributed by atoms with Crippen molar-refractivity contribution in [2.75, 3.05) is 0 Å². The van der Waals surface area contributed by atoms with Crippen LogP contribution in [0.2, 0.25) is 0 Å². The number of nitrogens with zero attached hydrogens (tertiary/aromatic N) is 1. The molecule has 0 aliphatic carbocycles. The molecule has 1 heterocycles. The lowest BCUT2D eigenvalue weighted by Crippen LogP contribution is -2.43. The lowest BCUT2D eigenvalue weighted by atomic mass is 9.81. The fourth-order valence-electron chi connectivity index (χ4n) is 3.51. The fraction of sp³-hybridized carbons (Fsp3) is 0.381. The number of aliphatic carboxylic acids is 1. The summed E-state index contributed by atoms with van der Waals surface area (Å²) in [5.41, 5.74) is 11.5. The van der Waals surface area contributed by atoms with E-state index in [1.54, 1.807) is 19.1 Å². The summed E-state index contributed by atoms with van der Waals surface area (Å²) in [6, 6.07) is 5.41. The number of carboxylic acid groups (broad SMARTS) is 1. The van der Waals surface area contributed by atoms with Crippen LogP contribution in [0.5, 0.6) is 0 Å². The molecule has 0 aliphatic rings. The number of carboxylic acids is 1. The van der Waals surface area contributed by atoms with E-state index in [-0.39, 0.29) is 42.9 Å². The van der Waals surface area contributed by atoms with Crippen molar-refractivity contribution in [1.82, 2.24) is 4.98 Å². The SMILES string of the molecule is CC(CC(=O)CC(N)(Cc1cc(F)cc(F)c1)c1nc(Br)ccc1Br)C[C@@H](N)C(=O)O. The normalized spacial score (nSPS) is 15.2. The first kappa shape index (κ1) is 25.5. The maximum atomic E-state index is 13.7. The average molecular weight is 563 g/mol. The Labute approximate surface area is 195 Å². The second-order valence-corrected chi connectivity index (χ2v) is 9.45. The van der Waals surface area contributed by atoms with E-state index in [4.69, 9.17) is 16.6 Å². The second kappa shape index (κ2) is 10.7. The maximum absolute atomic E-state index is 13.7. The first-order valence-corrected chi connectivity index (χ1v) is 11.0. The van der Waals surface area contributed by atoms with Crippen LogP contribution in [0.3, 0.4) is 0 Å². The van der Waals surface area contributed by atoms with Crippen molar-refractivity contribution < 1.29 is 23.5 Å². The topological polar surface area (TPSA) is 119 Å². The number of nitrogens with two attached hydrogens (primary N) is 2. The van der Waals surface area contributed by atoms with E-state index in [9.17, 15) is 18.4 Å². The van der Waals surface area contributed by atoms with Gasteiger partial charge in [0.25, 0.3) is 0 Å². The van der Waals surface area contributed by atoms with Crippen LogP contribution in [0.4, 0.5) is 8.78 Å². The van der Waals surface area contributed by atoms with E-state index in [1.165, 1.54) is 0 Å². The smallest absolute Gasteiger partial charge is 0.320 e. The van der Waals surface area contributed by atoms with Gasteiger partial charge in [-0.15, -0.1) is 0 Å². The minimum Gasteiger partial charge on any atom is -0.480 e. The summed E-state index contributed by atoms with van der Waals surface area (Å²) in [7, 11) is 0. The fourth-order valence-corrected chi connectivity index (χ4v) is 4.43. The minimum atomic E-state index is -1.37. The Morgan fingerprint density at radius 3 is 2.39 bits per heavy atom. The number of carbonyl (C=O) groups excluding carboxylic acids is 1. The van der Waals surface area contributed by atoms with Gasteiger partial charge in [0.2, 0.25) is 0 Å². The zero-order chi connectivity index (χ0) is 23.3. The van der Waals surface area contributed by atoms with Gasteiger partial charge in [-0.05, 0) is 80.4 Å². The molecule has 0 saturated heterocycles. The molecule has 5 N–H and O–H groups in total. The number of hydrogen-bond donors (Lipinski definition) is 3. The third-order valence-corrected chi connectivity index (χ3v) is 5.87. The van der Waals surface area contributed by atoms with Crippen molar-refractivity contribution in [2.24, 2.45) is 17.4 Å². The van der Waals surface area contributed by atoms with Crippen molar-refractivity contribution in [3.8, 4) is 0 Å². The molecule has 0 spiro atoms. The van der Waals surface area contributed by atoms with E-state index in [1.807, 2.05) is 0 Å². The molecule has 0 fully saturated rings. The summed E-state index contributed by atoms with van der Waals surface area (Å²) in [6.07, 6.45) is -0.0199. The third kappa shape index (κ3) is 7.41. The van der Waals surface area contributed by atoms with Gasteiger partial charge in [-0.3, -0.25) is 9.59 Å². The van der Waals surface area contributed by atoms with E-state index in [2.05, 4.69) is 36.8 Å². The molecule has 0 bridgehead atoms. The lowest BCUT2D eigenvalue weighted by Gasteiger charge is -2.30. The Morgan fingerprint density at radius 1 is 1.19 bits per heavy atom. The maximum Gasteiger partial charge on any atom is 0.320 e. The Hall–Kier alpha value is -1.75. The average Bonchev–Trinajstić information content (AvgIpc) is 2.62. The molecule has 1 aromatic heterocycles. The number of benzene rings is 1. The Balaban J connectivity index is 2.32. The van der Waals surface area contributed by atoms with Crippen LogP contribution in [0.15, 0.2) is 39.4 Å². The van der Waals surface area contributed by atoms with E-state index >= 15 is 0 Å². The van der Waals surface area contributed by atoms with Crippen molar-refractivity contribution in [2.45, 2.75) is 44.2 Å². The third-order valence-electron chi connectivity index (χ3n) is 4.79. The van der Waals surface area contributed by atoms with Gasteiger partial charge in [-0.25, -0.2) is 13.8 Å². The number of ketones is 1. The number of Topliss-reactive ketones (excluding diaryl/α,β-unsaturated/α-hetero) is 1. The molecule has 2 unspecified atom stereocenters. The van der Waals surface area contributed by atoms with Crippen LogP contribution in [0.1, 0.15) is 37.4 Å². The largest absolute Gasteiger partial charge is 0.480 e. The highest BCUT2D eigenvalue weighted by atomic mass is 79.9. The van der Waals surface area contributed by atoms with Crippen molar-refractivity contribution >= 4 is 43.6 Å². The van der Waals surface area contributed by atoms with E-state index in [0.29, 0.717) is 14.8 Å². The van der Waals surface area contributed by atoms with Crippen LogP contribution in [-0.2, 0) is 21.5 Å². The highest BCUT2D eigenvalue weighted by molar-refractivity contribution is 9.11. The molecule has 1 aromatic carbocycles. The molecule has 2 rings (SSSR count). The Morgan fingerprint density at radius 2 is 1.81 bits per heavy atom. The molecular weight excluding hydrogens is 540 g/mol. The number of aromatic nitrogens is 1. The summed E-state index contributed by atoms with van der Waals surface area (Å²) in [5, 5.41) is 8.96. The number of carbonyl (C=O) groups is 2. The molecule has 31 heavy (non-hydrogen) atoms. The molecule has 0 aliphatic heterocycles. The van der Waals surface area contributed by atoms with Gasteiger partial charge in [0, 0.05) is 23.4 Å². The lowest BCUT2D eigenvalue weighted by molar-refractivity contribution is -0.139. The molecule has 168 valence electrons. The molecule has 0 saturated carbocycles. The van der Waals surface area contributed by atoms with Gasteiger partial charge >= 0.3 is 5.97 Å². The molecular formula is C21H23Br2F2N3O3. The number of hydrogen-bond acceptors (Lipinski definition) is 5. The monoisotopic (exact) mass is 561 g/mol. The van der Waals surface area contributed by atoms with Gasteiger partial charge in [-0.2, -0.15) is 0 Å². The summed E-state index contributed by atoms with van der Waals surface area (Å²) >= 11 is 6.68. The standard InChI is InChI=1S/C21H23Br2F2N3O3/c1-11(5-17(26)20(30)31)4-15(29)10-21(27,19-16(22)2-3-18(23)28-19)9-12-6-13(24)8-14(25)7-12/h2-3,6-8,11,17H,4-5,9-10,26-27H2,1H3,(H,30,31)/t11?,17-,21?/m1/s1. The van der Waals surface area contributed by atoms with Crippen molar-refractivity contribution in [3.63, 3.8) is 0 Å². The van der Waals surface area contributed by atoms with Crippen LogP contribution >= 0.6 is 31.9 Å². The van der Waals surface area contributed by atoms with Gasteiger partial charge in [0.1, 0.15) is 28.1 Å². The zero-order valence-corrected chi connectivity index (χ0v) is 19.9. The Kier molecular flexibility index (Phi) is 8.82. The summed E-state index contributed by atoms with van der Waals surface area (Å²) in [5.74, 6) is -3.16. The predicted molar refractivity (Wildman–Crippen MR) is 119 cm³/mol. The van der Waals surface area contributed by atoms with Crippen molar-refractivity contribution in [3.05, 3.63) is 62.3 Å². The minimum absolute atomic E-state index is 0.0432. The van der Waals surface area contributed by atoms with Gasteiger partial charge < -0.3 is 16.6 Å².